The molecule has 0 saturated carbocycles. The van der Waals surface area contributed by atoms with Crippen LogP contribution in [0.3, 0.4) is 0 Å². The van der Waals surface area contributed by atoms with E-state index in [0.29, 0.717) is 0 Å². The molecule has 0 aliphatic carbocycles. The fourth-order valence-electron chi connectivity index (χ4n) is 1.39. The molecule has 0 radical (unpaired) electrons. The van der Waals surface area contributed by atoms with Crippen LogP contribution < -0.4 is 4.74 Å². The third-order valence-electron chi connectivity index (χ3n) is 2.18. The van der Waals surface area contributed by atoms with E-state index in [-0.39, 0.29) is 0 Å². The Kier molecular flexibility index (Phi) is 3.05. The average molecular weight is 215 g/mol. The second-order valence-corrected chi connectivity index (χ2v) is 3.38. The smallest absolute Gasteiger partial charge is 0.145 e. The zero-order chi connectivity index (χ0) is 11.4. The number of aliphatic imine (C=N–C) groups is 1. The van der Waals surface area contributed by atoms with Gasteiger partial charge < -0.3 is 9.15 Å². The molecule has 2 aromatic rings. The Labute approximate surface area is 94.4 Å². The van der Waals surface area contributed by atoms with Crippen molar-refractivity contribution in [1.29, 1.82) is 0 Å². The molecule has 0 saturated heterocycles. The van der Waals surface area contributed by atoms with E-state index in [1.807, 2.05) is 43.3 Å². The lowest BCUT2D eigenvalue weighted by Gasteiger charge is -2.01. The molecule has 0 spiro atoms. The Bertz CT molecular complexity index is 500. The number of nitrogens with zero attached hydrogens (tertiary/aromatic N) is 1. The predicted octanol–water partition coefficient (Wildman–Crippen LogP) is 3.35. The molecule has 0 bridgehead atoms. The number of hydrogen-bond donors (Lipinski definition) is 0. The minimum Gasteiger partial charge on any atom is -0.494 e. The van der Waals surface area contributed by atoms with Crippen molar-refractivity contribution in [3.63, 3.8) is 0 Å². The largest absolute Gasteiger partial charge is 0.494 e. The van der Waals surface area contributed by atoms with Gasteiger partial charge in [0, 0.05) is 0 Å². The van der Waals surface area contributed by atoms with E-state index < -0.39 is 0 Å². The van der Waals surface area contributed by atoms with Crippen molar-refractivity contribution < 1.29 is 9.15 Å². The molecule has 0 atom stereocenters. The Morgan fingerprint density at radius 3 is 2.69 bits per heavy atom. The quantitative estimate of drug-likeness (QED) is 0.736. The van der Waals surface area contributed by atoms with Crippen molar-refractivity contribution in [1.82, 2.24) is 0 Å². The maximum atomic E-state index is 5.39. The normalized spacial score (nSPS) is 10.9. The first kappa shape index (κ1) is 10.5. The molecule has 0 N–H and O–H groups in total. The molecule has 3 heteroatoms. The van der Waals surface area contributed by atoms with E-state index >= 15 is 0 Å². The molecule has 2 rings (SSSR count). The zero-order valence-corrected chi connectivity index (χ0v) is 9.31. The topological polar surface area (TPSA) is 34.7 Å². The van der Waals surface area contributed by atoms with Gasteiger partial charge in [0.1, 0.15) is 23.0 Å². The van der Waals surface area contributed by atoms with Crippen LogP contribution in [0.15, 0.2) is 45.8 Å². The molecule has 0 amide bonds. The molecule has 1 aromatic carbocycles. The molecular formula is C13H13NO2. The summed E-state index contributed by atoms with van der Waals surface area (Å²) in [7, 11) is 1.63. The van der Waals surface area contributed by atoms with E-state index in [9.17, 15) is 0 Å². The van der Waals surface area contributed by atoms with E-state index in [2.05, 4.69) is 4.99 Å². The van der Waals surface area contributed by atoms with Gasteiger partial charge in [0.25, 0.3) is 0 Å². The maximum absolute atomic E-state index is 5.39. The monoisotopic (exact) mass is 215 g/mol. The fraction of sp³-hybridized carbons (Fsp3) is 0.154. The van der Waals surface area contributed by atoms with Crippen LogP contribution in [0, 0.1) is 6.92 Å². The molecule has 16 heavy (non-hydrogen) atoms. The van der Waals surface area contributed by atoms with Crippen molar-refractivity contribution in [2.75, 3.05) is 7.11 Å². The Morgan fingerprint density at radius 1 is 1.19 bits per heavy atom. The molecule has 0 aliphatic rings. The zero-order valence-electron chi connectivity index (χ0n) is 9.31. The average Bonchev–Trinajstić information content (AvgIpc) is 2.73. The summed E-state index contributed by atoms with van der Waals surface area (Å²) >= 11 is 0. The van der Waals surface area contributed by atoms with Crippen molar-refractivity contribution in [2.45, 2.75) is 6.92 Å². The van der Waals surface area contributed by atoms with Gasteiger partial charge in [0.2, 0.25) is 0 Å². The number of methoxy groups -OCH3 is 1. The summed E-state index contributed by atoms with van der Waals surface area (Å²) in [6.45, 7) is 1.90. The number of ether oxygens (including phenoxy) is 1. The standard InChI is InChI=1S/C13H13NO2/c1-10-7-8-11(16-10)9-14-12-5-3-4-6-13(12)15-2/h3-9H,1-2H3. The third-order valence-corrected chi connectivity index (χ3v) is 2.18. The number of furan rings is 1. The van der Waals surface area contributed by atoms with Gasteiger partial charge in [-0.2, -0.15) is 0 Å². The highest BCUT2D eigenvalue weighted by Crippen LogP contribution is 2.26. The summed E-state index contributed by atoms with van der Waals surface area (Å²) in [5.74, 6) is 2.37. The molecule has 82 valence electrons. The molecule has 0 aliphatic heterocycles. The van der Waals surface area contributed by atoms with Gasteiger partial charge >= 0.3 is 0 Å². The summed E-state index contributed by atoms with van der Waals surface area (Å²) < 4.78 is 10.6. The number of hydrogen-bond acceptors (Lipinski definition) is 3. The molecule has 0 fully saturated rings. The lowest BCUT2D eigenvalue weighted by Crippen LogP contribution is -1.83. The van der Waals surface area contributed by atoms with Crippen LogP contribution in [0.5, 0.6) is 5.75 Å². The molecule has 3 nitrogen and oxygen atoms in total. The second-order valence-electron chi connectivity index (χ2n) is 3.38. The van der Waals surface area contributed by atoms with Crippen molar-refractivity contribution in [3.05, 3.63) is 47.9 Å². The summed E-state index contributed by atoms with van der Waals surface area (Å²) in [6, 6.07) is 11.4. The SMILES string of the molecule is COc1ccccc1N=Cc1ccc(C)o1. The molecule has 1 heterocycles. The first-order valence-electron chi connectivity index (χ1n) is 5.03. The minimum absolute atomic E-state index is 0.739. The Morgan fingerprint density at radius 2 is 2.00 bits per heavy atom. The highest BCUT2D eigenvalue weighted by Gasteiger charge is 1.99. The van der Waals surface area contributed by atoms with Gasteiger partial charge in [-0.25, -0.2) is 4.99 Å². The van der Waals surface area contributed by atoms with Crippen LogP contribution in [-0.2, 0) is 0 Å². The number of benzene rings is 1. The van der Waals surface area contributed by atoms with E-state index in [0.717, 1.165) is 23.0 Å². The summed E-state index contributed by atoms with van der Waals surface area (Å²) in [4.78, 5) is 4.32. The van der Waals surface area contributed by atoms with E-state index in [1.54, 1.807) is 13.3 Å². The van der Waals surface area contributed by atoms with Crippen LogP contribution in [0.2, 0.25) is 0 Å². The first-order chi connectivity index (χ1) is 7.79. The van der Waals surface area contributed by atoms with Gasteiger partial charge in [-0.3, -0.25) is 0 Å². The number of para-hydroxylation sites is 2. The first-order valence-corrected chi connectivity index (χ1v) is 5.03. The molecular weight excluding hydrogens is 202 g/mol. The van der Waals surface area contributed by atoms with Crippen LogP contribution in [0.1, 0.15) is 11.5 Å². The van der Waals surface area contributed by atoms with Gasteiger partial charge in [0.15, 0.2) is 0 Å². The third kappa shape index (κ3) is 2.31. The van der Waals surface area contributed by atoms with Gasteiger partial charge in [-0.1, -0.05) is 12.1 Å². The lowest BCUT2D eigenvalue weighted by atomic mass is 10.3. The highest BCUT2D eigenvalue weighted by molar-refractivity contribution is 5.79. The molecule has 0 unspecified atom stereocenters. The van der Waals surface area contributed by atoms with E-state index in [4.69, 9.17) is 9.15 Å². The van der Waals surface area contributed by atoms with Crippen LogP contribution in [0.25, 0.3) is 0 Å². The number of rotatable bonds is 3. The molecule has 1 aromatic heterocycles. The lowest BCUT2D eigenvalue weighted by molar-refractivity contribution is 0.416. The second kappa shape index (κ2) is 4.66. The highest BCUT2D eigenvalue weighted by atomic mass is 16.5. The van der Waals surface area contributed by atoms with Crippen LogP contribution in [0.4, 0.5) is 5.69 Å². The van der Waals surface area contributed by atoms with Gasteiger partial charge in [0.05, 0.1) is 13.3 Å². The van der Waals surface area contributed by atoms with Crippen molar-refractivity contribution >= 4 is 11.9 Å². The summed E-state index contributed by atoms with van der Waals surface area (Å²) in [6.07, 6.45) is 1.69. The number of aryl methyl sites for hydroxylation is 1. The van der Waals surface area contributed by atoms with Crippen LogP contribution in [-0.4, -0.2) is 13.3 Å². The predicted molar refractivity (Wildman–Crippen MR) is 63.7 cm³/mol. The summed E-state index contributed by atoms with van der Waals surface area (Å²) in [5, 5.41) is 0. The summed E-state index contributed by atoms with van der Waals surface area (Å²) in [5.41, 5.74) is 0.791. The van der Waals surface area contributed by atoms with Crippen molar-refractivity contribution in [2.24, 2.45) is 4.99 Å². The van der Waals surface area contributed by atoms with E-state index in [1.165, 1.54) is 0 Å². The minimum atomic E-state index is 0.739. The van der Waals surface area contributed by atoms with Crippen molar-refractivity contribution in [3.8, 4) is 5.75 Å². The van der Waals surface area contributed by atoms with Gasteiger partial charge in [-0.15, -0.1) is 0 Å². The Hall–Kier alpha value is -2.03. The maximum Gasteiger partial charge on any atom is 0.145 e. The van der Waals surface area contributed by atoms with Crippen LogP contribution >= 0.6 is 0 Å². The Balaban J connectivity index is 2.23. The van der Waals surface area contributed by atoms with Gasteiger partial charge in [-0.05, 0) is 31.2 Å². The fourth-order valence-corrected chi connectivity index (χ4v) is 1.39.